The standard InChI is InChI=1S/C13H25N3O/c1-9(2)10(3)12-16-15-11(17-12)7-8-14-13(4,5)6/h9-10,14H,7-8H2,1-6H3. The second-order valence-corrected chi connectivity index (χ2v) is 5.99. The van der Waals surface area contributed by atoms with E-state index in [1.807, 2.05) is 0 Å². The third-order valence-corrected chi connectivity index (χ3v) is 2.87. The molecular weight excluding hydrogens is 214 g/mol. The third kappa shape index (κ3) is 4.86. The first-order chi connectivity index (χ1) is 7.79. The van der Waals surface area contributed by atoms with Gasteiger partial charge in [0.05, 0.1) is 0 Å². The molecule has 1 heterocycles. The molecule has 0 aliphatic rings. The molecule has 0 amide bonds. The number of aromatic nitrogens is 2. The van der Waals surface area contributed by atoms with Crippen molar-refractivity contribution in [1.29, 1.82) is 0 Å². The largest absolute Gasteiger partial charge is 0.425 e. The van der Waals surface area contributed by atoms with E-state index in [1.54, 1.807) is 0 Å². The fourth-order valence-electron chi connectivity index (χ4n) is 1.38. The highest BCUT2D eigenvalue weighted by Crippen LogP contribution is 2.22. The summed E-state index contributed by atoms with van der Waals surface area (Å²) in [4.78, 5) is 0. The summed E-state index contributed by atoms with van der Waals surface area (Å²) in [5.41, 5.74) is 0.133. The van der Waals surface area contributed by atoms with E-state index in [0.717, 1.165) is 24.7 Å². The first kappa shape index (κ1) is 14.2. The predicted molar refractivity (Wildman–Crippen MR) is 69.0 cm³/mol. The van der Waals surface area contributed by atoms with E-state index < -0.39 is 0 Å². The Labute approximate surface area is 104 Å². The van der Waals surface area contributed by atoms with E-state index >= 15 is 0 Å². The Morgan fingerprint density at radius 3 is 2.35 bits per heavy atom. The van der Waals surface area contributed by atoms with Crippen LogP contribution in [0.5, 0.6) is 0 Å². The quantitative estimate of drug-likeness (QED) is 0.858. The Balaban J connectivity index is 2.46. The second kappa shape index (κ2) is 5.63. The van der Waals surface area contributed by atoms with Gasteiger partial charge in [-0.3, -0.25) is 0 Å². The summed E-state index contributed by atoms with van der Waals surface area (Å²) < 4.78 is 5.66. The zero-order chi connectivity index (χ0) is 13.1. The van der Waals surface area contributed by atoms with Crippen LogP contribution in [0.1, 0.15) is 59.2 Å². The average molecular weight is 239 g/mol. The van der Waals surface area contributed by atoms with Crippen LogP contribution < -0.4 is 5.32 Å². The number of rotatable bonds is 5. The molecule has 0 fully saturated rings. The Hall–Kier alpha value is -0.900. The first-order valence-electron chi connectivity index (χ1n) is 6.37. The minimum atomic E-state index is 0.133. The van der Waals surface area contributed by atoms with Gasteiger partial charge in [-0.25, -0.2) is 0 Å². The first-order valence-corrected chi connectivity index (χ1v) is 6.37. The molecule has 0 saturated carbocycles. The summed E-state index contributed by atoms with van der Waals surface area (Å²) >= 11 is 0. The number of hydrogen-bond acceptors (Lipinski definition) is 4. The fraction of sp³-hybridized carbons (Fsp3) is 0.846. The lowest BCUT2D eigenvalue weighted by molar-refractivity contribution is 0.369. The van der Waals surface area contributed by atoms with Gasteiger partial charge in [-0.1, -0.05) is 20.8 Å². The fourth-order valence-corrected chi connectivity index (χ4v) is 1.38. The lowest BCUT2D eigenvalue weighted by Crippen LogP contribution is -2.37. The van der Waals surface area contributed by atoms with Gasteiger partial charge in [0.25, 0.3) is 0 Å². The molecule has 1 rings (SSSR count). The molecule has 0 spiro atoms. The smallest absolute Gasteiger partial charge is 0.219 e. The van der Waals surface area contributed by atoms with Crippen molar-refractivity contribution in [2.45, 2.75) is 59.4 Å². The van der Waals surface area contributed by atoms with Crippen LogP contribution >= 0.6 is 0 Å². The molecule has 0 radical (unpaired) electrons. The molecule has 1 unspecified atom stereocenters. The highest BCUT2D eigenvalue weighted by atomic mass is 16.4. The van der Waals surface area contributed by atoms with E-state index in [9.17, 15) is 0 Å². The minimum Gasteiger partial charge on any atom is -0.425 e. The van der Waals surface area contributed by atoms with Gasteiger partial charge in [-0.2, -0.15) is 0 Å². The summed E-state index contributed by atoms with van der Waals surface area (Å²) in [7, 11) is 0. The predicted octanol–water partition coefficient (Wildman–Crippen LogP) is 2.76. The van der Waals surface area contributed by atoms with Crippen molar-refractivity contribution in [3.63, 3.8) is 0 Å². The van der Waals surface area contributed by atoms with Crippen LogP contribution in [0, 0.1) is 5.92 Å². The van der Waals surface area contributed by atoms with Crippen LogP contribution in [-0.2, 0) is 6.42 Å². The van der Waals surface area contributed by atoms with E-state index in [-0.39, 0.29) is 5.54 Å². The average Bonchev–Trinajstić information content (AvgIpc) is 2.63. The summed E-state index contributed by atoms with van der Waals surface area (Å²) in [5, 5.41) is 11.6. The maximum Gasteiger partial charge on any atom is 0.219 e. The van der Waals surface area contributed by atoms with Gasteiger partial charge < -0.3 is 9.73 Å². The van der Waals surface area contributed by atoms with Gasteiger partial charge in [-0.15, -0.1) is 10.2 Å². The Kier molecular flexibility index (Phi) is 4.69. The molecule has 0 saturated heterocycles. The van der Waals surface area contributed by atoms with Crippen LogP contribution in [0.25, 0.3) is 0 Å². The highest BCUT2D eigenvalue weighted by Gasteiger charge is 2.17. The van der Waals surface area contributed by atoms with Crippen molar-refractivity contribution in [2.75, 3.05) is 6.54 Å². The number of nitrogens with zero attached hydrogens (tertiary/aromatic N) is 2. The van der Waals surface area contributed by atoms with Crippen LogP contribution in [0.3, 0.4) is 0 Å². The normalized spacial score (nSPS) is 14.3. The zero-order valence-electron chi connectivity index (χ0n) is 11.9. The van der Waals surface area contributed by atoms with Gasteiger partial charge in [0.1, 0.15) is 0 Å². The molecular formula is C13H25N3O. The monoisotopic (exact) mass is 239 g/mol. The second-order valence-electron chi connectivity index (χ2n) is 5.99. The molecule has 4 heteroatoms. The summed E-state index contributed by atoms with van der Waals surface area (Å²) in [6.45, 7) is 13.7. The van der Waals surface area contributed by atoms with Gasteiger partial charge in [-0.05, 0) is 26.7 Å². The highest BCUT2D eigenvalue weighted by molar-refractivity contribution is 4.91. The Morgan fingerprint density at radius 2 is 1.82 bits per heavy atom. The lowest BCUT2D eigenvalue weighted by Gasteiger charge is -2.19. The SMILES string of the molecule is CC(C)C(C)c1nnc(CCNC(C)(C)C)o1. The van der Waals surface area contributed by atoms with E-state index in [0.29, 0.717) is 11.8 Å². The van der Waals surface area contributed by atoms with Crippen molar-refractivity contribution < 1.29 is 4.42 Å². The maximum atomic E-state index is 5.66. The van der Waals surface area contributed by atoms with Crippen molar-refractivity contribution >= 4 is 0 Å². The Morgan fingerprint density at radius 1 is 1.18 bits per heavy atom. The molecule has 17 heavy (non-hydrogen) atoms. The Bertz CT molecular complexity index is 339. The van der Waals surface area contributed by atoms with Crippen LogP contribution in [-0.4, -0.2) is 22.3 Å². The molecule has 98 valence electrons. The third-order valence-electron chi connectivity index (χ3n) is 2.87. The van der Waals surface area contributed by atoms with Gasteiger partial charge in [0, 0.05) is 24.4 Å². The number of hydrogen-bond donors (Lipinski definition) is 1. The minimum absolute atomic E-state index is 0.133. The van der Waals surface area contributed by atoms with Crippen LogP contribution in [0.15, 0.2) is 4.42 Å². The molecule has 1 N–H and O–H groups in total. The van der Waals surface area contributed by atoms with E-state index in [1.165, 1.54) is 0 Å². The molecule has 0 aliphatic carbocycles. The van der Waals surface area contributed by atoms with E-state index in [4.69, 9.17) is 4.42 Å². The molecule has 0 aromatic carbocycles. The molecule has 1 aromatic rings. The molecule has 0 aliphatic heterocycles. The molecule has 1 atom stereocenters. The van der Waals surface area contributed by atoms with Crippen molar-refractivity contribution in [1.82, 2.24) is 15.5 Å². The molecule has 4 nitrogen and oxygen atoms in total. The summed E-state index contributed by atoms with van der Waals surface area (Å²) in [5.74, 6) is 2.33. The molecule has 1 aromatic heterocycles. The van der Waals surface area contributed by atoms with Crippen LogP contribution in [0.2, 0.25) is 0 Å². The van der Waals surface area contributed by atoms with Gasteiger partial charge in [0.2, 0.25) is 11.8 Å². The summed E-state index contributed by atoms with van der Waals surface area (Å²) in [6, 6.07) is 0. The van der Waals surface area contributed by atoms with Crippen molar-refractivity contribution in [3.8, 4) is 0 Å². The van der Waals surface area contributed by atoms with Crippen molar-refractivity contribution in [3.05, 3.63) is 11.8 Å². The van der Waals surface area contributed by atoms with Crippen molar-refractivity contribution in [2.24, 2.45) is 5.92 Å². The maximum absolute atomic E-state index is 5.66. The van der Waals surface area contributed by atoms with E-state index in [2.05, 4.69) is 57.1 Å². The summed E-state index contributed by atoms with van der Waals surface area (Å²) in [6.07, 6.45) is 0.787. The lowest BCUT2D eigenvalue weighted by atomic mass is 9.98. The topological polar surface area (TPSA) is 51.0 Å². The van der Waals surface area contributed by atoms with Gasteiger partial charge in [0.15, 0.2) is 0 Å². The van der Waals surface area contributed by atoms with Crippen LogP contribution in [0.4, 0.5) is 0 Å². The zero-order valence-corrected chi connectivity index (χ0v) is 11.9. The molecule has 0 bridgehead atoms. The number of nitrogens with one attached hydrogen (secondary N) is 1. The van der Waals surface area contributed by atoms with Gasteiger partial charge >= 0.3 is 0 Å².